The molecule has 0 aromatic carbocycles. The maximum absolute atomic E-state index is 11.5. The minimum absolute atomic E-state index is 0.146. The number of nitrogens with zero attached hydrogens (tertiary/aromatic N) is 5. The van der Waals surface area contributed by atoms with Gasteiger partial charge < -0.3 is 15.4 Å². The van der Waals surface area contributed by atoms with Gasteiger partial charge in [0, 0.05) is 38.6 Å². The summed E-state index contributed by atoms with van der Waals surface area (Å²) >= 11 is 0. The molecular weight excluding hydrogens is 350 g/mol. The first-order valence-electron chi connectivity index (χ1n) is 8.90. The zero-order chi connectivity index (χ0) is 18.9. The largest absolute Gasteiger partial charge is 0.379 e. The van der Waals surface area contributed by atoms with Gasteiger partial charge in [0.25, 0.3) is 0 Å². The SMILES string of the molecule is O=[N+]([O-])c1c(NCCCN2CCOCC2)ncnc1NCc1cccnc1. The second-order valence-corrected chi connectivity index (χ2v) is 6.13. The van der Waals surface area contributed by atoms with E-state index in [4.69, 9.17) is 4.74 Å². The lowest BCUT2D eigenvalue weighted by atomic mass is 10.3. The van der Waals surface area contributed by atoms with Crippen LogP contribution in [0, 0.1) is 10.1 Å². The van der Waals surface area contributed by atoms with E-state index in [9.17, 15) is 10.1 Å². The molecule has 1 aliphatic rings. The number of rotatable bonds is 9. The maximum atomic E-state index is 11.5. The van der Waals surface area contributed by atoms with Crippen LogP contribution in [-0.4, -0.2) is 64.2 Å². The molecule has 0 radical (unpaired) electrons. The van der Waals surface area contributed by atoms with Gasteiger partial charge in [-0.05, 0) is 24.6 Å². The Bertz CT molecular complexity index is 739. The lowest BCUT2D eigenvalue weighted by Crippen LogP contribution is -2.37. The molecule has 0 aliphatic carbocycles. The van der Waals surface area contributed by atoms with E-state index in [0.717, 1.165) is 44.8 Å². The van der Waals surface area contributed by atoms with Crippen LogP contribution in [-0.2, 0) is 11.3 Å². The smallest absolute Gasteiger partial charge is 0.353 e. The van der Waals surface area contributed by atoms with Crippen LogP contribution in [0.15, 0.2) is 30.9 Å². The van der Waals surface area contributed by atoms with E-state index in [0.29, 0.717) is 13.1 Å². The molecule has 0 atom stereocenters. The molecule has 10 heteroatoms. The van der Waals surface area contributed by atoms with Crippen molar-refractivity contribution in [3.05, 3.63) is 46.5 Å². The van der Waals surface area contributed by atoms with Crippen molar-refractivity contribution in [2.75, 3.05) is 50.0 Å². The standard InChI is InChI=1S/C17H23N7O3/c25-24(26)15-16(19-5-2-6-23-7-9-27-10-8-23)21-13-22-17(15)20-12-14-3-1-4-18-11-14/h1,3-4,11,13H,2,5-10,12H2,(H2,19,20,21,22). The lowest BCUT2D eigenvalue weighted by molar-refractivity contribution is -0.383. The van der Waals surface area contributed by atoms with Gasteiger partial charge in [-0.3, -0.25) is 20.0 Å². The first kappa shape index (κ1) is 18.9. The number of morpholine rings is 1. The number of hydrogen-bond donors (Lipinski definition) is 2. The minimum Gasteiger partial charge on any atom is -0.379 e. The summed E-state index contributed by atoms with van der Waals surface area (Å²) in [6, 6.07) is 3.70. The average molecular weight is 373 g/mol. The average Bonchev–Trinajstić information content (AvgIpc) is 2.71. The van der Waals surface area contributed by atoms with Gasteiger partial charge in [-0.15, -0.1) is 0 Å². The van der Waals surface area contributed by atoms with Crippen molar-refractivity contribution in [1.29, 1.82) is 0 Å². The molecule has 0 saturated carbocycles. The van der Waals surface area contributed by atoms with Crippen molar-refractivity contribution in [2.24, 2.45) is 0 Å². The summed E-state index contributed by atoms with van der Waals surface area (Å²) in [4.78, 5) is 25.5. The summed E-state index contributed by atoms with van der Waals surface area (Å²) in [6.07, 6.45) is 5.56. The Morgan fingerprint density at radius 1 is 1.22 bits per heavy atom. The molecule has 1 aliphatic heterocycles. The fourth-order valence-electron chi connectivity index (χ4n) is 2.83. The maximum Gasteiger partial charge on any atom is 0.353 e. The van der Waals surface area contributed by atoms with Crippen LogP contribution < -0.4 is 10.6 Å². The summed E-state index contributed by atoms with van der Waals surface area (Å²) < 4.78 is 5.33. The first-order valence-corrected chi connectivity index (χ1v) is 8.90. The van der Waals surface area contributed by atoms with Gasteiger partial charge >= 0.3 is 5.69 Å². The van der Waals surface area contributed by atoms with Crippen molar-refractivity contribution in [3.63, 3.8) is 0 Å². The Balaban J connectivity index is 1.58. The number of hydrogen-bond acceptors (Lipinski definition) is 9. The van der Waals surface area contributed by atoms with E-state index in [1.54, 1.807) is 12.4 Å². The molecule has 144 valence electrons. The van der Waals surface area contributed by atoms with Crippen LogP contribution in [0.25, 0.3) is 0 Å². The predicted molar refractivity (Wildman–Crippen MR) is 101 cm³/mol. The van der Waals surface area contributed by atoms with Gasteiger partial charge in [-0.1, -0.05) is 6.07 Å². The van der Waals surface area contributed by atoms with Gasteiger partial charge in [0.1, 0.15) is 6.33 Å². The summed E-state index contributed by atoms with van der Waals surface area (Å²) in [5, 5.41) is 17.6. The van der Waals surface area contributed by atoms with Crippen molar-refractivity contribution in [2.45, 2.75) is 13.0 Å². The number of anilines is 2. The molecule has 2 aromatic heterocycles. The molecular formula is C17H23N7O3. The molecule has 27 heavy (non-hydrogen) atoms. The molecule has 0 spiro atoms. The second-order valence-electron chi connectivity index (χ2n) is 6.13. The Hall–Kier alpha value is -2.85. The number of aromatic nitrogens is 3. The molecule has 3 rings (SSSR count). The minimum atomic E-state index is -0.462. The zero-order valence-electron chi connectivity index (χ0n) is 15.0. The van der Waals surface area contributed by atoms with Crippen molar-refractivity contribution in [3.8, 4) is 0 Å². The Morgan fingerprint density at radius 2 is 2.00 bits per heavy atom. The van der Waals surface area contributed by atoms with E-state index in [1.807, 2.05) is 12.1 Å². The Morgan fingerprint density at radius 3 is 2.70 bits per heavy atom. The van der Waals surface area contributed by atoms with Crippen LogP contribution in [0.2, 0.25) is 0 Å². The molecule has 0 unspecified atom stereocenters. The molecule has 2 aromatic rings. The third-order valence-electron chi connectivity index (χ3n) is 4.23. The van der Waals surface area contributed by atoms with E-state index in [2.05, 4.69) is 30.5 Å². The molecule has 1 saturated heterocycles. The van der Waals surface area contributed by atoms with E-state index < -0.39 is 4.92 Å². The summed E-state index contributed by atoms with van der Waals surface area (Å²) in [5.74, 6) is 0.417. The first-order chi connectivity index (χ1) is 13.2. The monoisotopic (exact) mass is 373 g/mol. The van der Waals surface area contributed by atoms with Crippen LogP contribution in [0.5, 0.6) is 0 Å². The highest BCUT2D eigenvalue weighted by Gasteiger charge is 2.22. The quantitative estimate of drug-likeness (QED) is 0.383. The lowest BCUT2D eigenvalue weighted by Gasteiger charge is -2.26. The van der Waals surface area contributed by atoms with Crippen LogP contribution in [0.4, 0.5) is 17.3 Å². The Kier molecular flexibility index (Phi) is 6.83. The number of nitro groups is 1. The number of ether oxygens (including phenoxy) is 1. The zero-order valence-corrected chi connectivity index (χ0v) is 15.0. The molecule has 0 amide bonds. The normalized spacial score (nSPS) is 14.7. The fourth-order valence-corrected chi connectivity index (χ4v) is 2.83. The number of nitrogens with one attached hydrogen (secondary N) is 2. The van der Waals surface area contributed by atoms with Gasteiger partial charge in [0.05, 0.1) is 18.1 Å². The van der Waals surface area contributed by atoms with Gasteiger partial charge in [-0.2, -0.15) is 0 Å². The van der Waals surface area contributed by atoms with Gasteiger partial charge in [-0.25, -0.2) is 9.97 Å². The van der Waals surface area contributed by atoms with Gasteiger partial charge in [0.15, 0.2) is 0 Å². The highest BCUT2D eigenvalue weighted by molar-refractivity contribution is 5.69. The molecule has 3 heterocycles. The summed E-state index contributed by atoms with van der Waals surface area (Å²) in [5.41, 5.74) is 0.762. The van der Waals surface area contributed by atoms with Crippen molar-refractivity contribution in [1.82, 2.24) is 19.9 Å². The third kappa shape index (κ3) is 5.56. The predicted octanol–water partition coefficient (Wildman–Crippen LogP) is 1.53. The third-order valence-corrected chi connectivity index (χ3v) is 4.23. The Labute approximate surface area is 157 Å². The fraction of sp³-hybridized carbons (Fsp3) is 0.471. The molecule has 1 fully saturated rings. The highest BCUT2D eigenvalue weighted by atomic mass is 16.6. The topological polar surface area (TPSA) is 118 Å². The van der Waals surface area contributed by atoms with E-state index in [1.165, 1.54) is 6.33 Å². The van der Waals surface area contributed by atoms with Gasteiger partial charge in [0.2, 0.25) is 11.6 Å². The second kappa shape index (κ2) is 9.74. The van der Waals surface area contributed by atoms with Crippen molar-refractivity contribution < 1.29 is 9.66 Å². The van der Waals surface area contributed by atoms with E-state index in [-0.39, 0.29) is 17.3 Å². The summed E-state index contributed by atoms with van der Waals surface area (Å²) in [7, 11) is 0. The molecule has 2 N–H and O–H groups in total. The molecule has 0 bridgehead atoms. The molecule has 10 nitrogen and oxygen atoms in total. The summed E-state index contributed by atoms with van der Waals surface area (Å²) in [6.45, 7) is 5.28. The van der Waals surface area contributed by atoms with Crippen LogP contribution in [0.1, 0.15) is 12.0 Å². The highest BCUT2D eigenvalue weighted by Crippen LogP contribution is 2.29. The number of pyridine rings is 1. The van der Waals surface area contributed by atoms with E-state index >= 15 is 0 Å². The van der Waals surface area contributed by atoms with Crippen LogP contribution >= 0.6 is 0 Å². The van der Waals surface area contributed by atoms with Crippen molar-refractivity contribution >= 4 is 17.3 Å². The van der Waals surface area contributed by atoms with Crippen LogP contribution in [0.3, 0.4) is 0 Å².